The van der Waals surface area contributed by atoms with E-state index in [1.54, 1.807) is 0 Å². The lowest BCUT2D eigenvalue weighted by Crippen LogP contribution is -2.23. The molecule has 0 saturated carbocycles. The highest BCUT2D eigenvalue weighted by Gasteiger charge is 2.12. The van der Waals surface area contributed by atoms with Gasteiger partial charge in [0.1, 0.15) is 0 Å². The number of hydrogen-bond acceptors (Lipinski definition) is 2. The van der Waals surface area contributed by atoms with Crippen molar-refractivity contribution in [1.29, 1.82) is 0 Å². The first-order chi connectivity index (χ1) is 8.97. The predicted molar refractivity (Wildman–Crippen MR) is 82.3 cm³/mol. The van der Waals surface area contributed by atoms with Crippen LogP contribution in [0.25, 0.3) is 0 Å². The first-order valence-corrected chi connectivity index (χ1v) is 7.38. The van der Waals surface area contributed by atoms with Crippen molar-refractivity contribution in [2.24, 2.45) is 5.92 Å². The Balaban J connectivity index is 2.42. The predicted octanol–water partition coefficient (Wildman–Crippen LogP) is 3.48. The summed E-state index contributed by atoms with van der Waals surface area (Å²) in [6.07, 6.45) is 2.02. The van der Waals surface area contributed by atoms with Crippen molar-refractivity contribution in [3.63, 3.8) is 0 Å². The van der Waals surface area contributed by atoms with Gasteiger partial charge in [0.25, 0.3) is 0 Å². The van der Waals surface area contributed by atoms with Crippen LogP contribution in [0.4, 0.5) is 0 Å². The molecule has 2 nitrogen and oxygen atoms in total. The van der Waals surface area contributed by atoms with E-state index in [4.69, 9.17) is 5.11 Å². The van der Waals surface area contributed by atoms with Crippen LogP contribution in [-0.2, 0) is 12.0 Å². The minimum Gasteiger partial charge on any atom is -0.396 e. The Morgan fingerprint density at radius 2 is 1.79 bits per heavy atom. The van der Waals surface area contributed by atoms with E-state index < -0.39 is 0 Å². The Kier molecular flexibility index (Phi) is 6.53. The highest BCUT2D eigenvalue weighted by atomic mass is 16.3. The van der Waals surface area contributed by atoms with Gasteiger partial charge in [-0.1, -0.05) is 58.4 Å². The van der Waals surface area contributed by atoms with Gasteiger partial charge in [0.05, 0.1) is 0 Å². The topological polar surface area (TPSA) is 32.3 Å². The molecule has 2 heteroatoms. The zero-order valence-electron chi connectivity index (χ0n) is 12.9. The van der Waals surface area contributed by atoms with Gasteiger partial charge < -0.3 is 10.4 Å². The number of aliphatic hydroxyl groups is 1. The van der Waals surface area contributed by atoms with Crippen molar-refractivity contribution < 1.29 is 5.11 Å². The van der Waals surface area contributed by atoms with Crippen LogP contribution < -0.4 is 5.32 Å². The first kappa shape index (κ1) is 16.2. The van der Waals surface area contributed by atoms with Gasteiger partial charge in [0, 0.05) is 13.2 Å². The second-order valence-electron chi connectivity index (χ2n) is 6.36. The van der Waals surface area contributed by atoms with Crippen LogP contribution >= 0.6 is 0 Å². The van der Waals surface area contributed by atoms with E-state index in [2.05, 4.69) is 57.3 Å². The Hall–Kier alpha value is -0.860. The average molecular weight is 263 g/mol. The lowest BCUT2D eigenvalue weighted by molar-refractivity contribution is 0.251. The SMILES string of the molecule is CCC(CCO)CNCc1ccc(C(C)(C)C)cc1. The molecule has 0 amide bonds. The molecule has 0 bridgehead atoms. The number of rotatable bonds is 7. The van der Waals surface area contributed by atoms with Crippen LogP contribution in [0.1, 0.15) is 51.7 Å². The lowest BCUT2D eigenvalue weighted by Gasteiger charge is -2.19. The average Bonchev–Trinajstić information content (AvgIpc) is 2.37. The van der Waals surface area contributed by atoms with E-state index in [9.17, 15) is 0 Å². The van der Waals surface area contributed by atoms with E-state index in [1.807, 2.05) is 0 Å². The summed E-state index contributed by atoms with van der Waals surface area (Å²) in [6, 6.07) is 8.87. The van der Waals surface area contributed by atoms with E-state index in [1.165, 1.54) is 11.1 Å². The summed E-state index contributed by atoms with van der Waals surface area (Å²) in [5.41, 5.74) is 2.93. The molecule has 0 aliphatic heterocycles. The summed E-state index contributed by atoms with van der Waals surface area (Å²) < 4.78 is 0. The van der Waals surface area contributed by atoms with Gasteiger partial charge in [-0.15, -0.1) is 0 Å². The summed E-state index contributed by atoms with van der Waals surface area (Å²) in [5.74, 6) is 0.582. The van der Waals surface area contributed by atoms with E-state index in [0.717, 1.165) is 25.9 Å². The van der Waals surface area contributed by atoms with Gasteiger partial charge >= 0.3 is 0 Å². The van der Waals surface area contributed by atoms with Crippen LogP contribution in [0.2, 0.25) is 0 Å². The molecule has 2 N–H and O–H groups in total. The van der Waals surface area contributed by atoms with Crippen molar-refractivity contribution in [2.75, 3.05) is 13.2 Å². The number of hydrogen-bond donors (Lipinski definition) is 2. The third kappa shape index (κ3) is 5.75. The fourth-order valence-electron chi connectivity index (χ4n) is 2.18. The van der Waals surface area contributed by atoms with Gasteiger partial charge in [-0.25, -0.2) is 0 Å². The Labute approximate surface area is 118 Å². The highest BCUT2D eigenvalue weighted by molar-refractivity contribution is 5.27. The van der Waals surface area contributed by atoms with Crippen molar-refractivity contribution >= 4 is 0 Å². The van der Waals surface area contributed by atoms with Gasteiger partial charge in [-0.2, -0.15) is 0 Å². The van der Waals surface area contributed by atoms with Gasteiger partial charge in [-0.05, 0) is 35.4 Å². The maximum atomic E-state index is 8.96. The molecule has 0 aliphatic carbocycles. The summed E-state index contributed by atoms with van der Waals surface area (Å²) >= 11 is 0. The number of nitrogens with one attached hydrogen (secondary N) is 1. The van der Waals surface area contributed by atoms with E-state index >= 15 is 0 Å². The number of aliphatic hydroxyl groups excluding tert-OH is 1. The molecule has 0 saturated heterocycles. The molecular weight excluding hydrogens is 234 g/mol. The minimum absolute atomic E-state index is 0.223. The summed E-state index contributed by atoms with van der Waals surface area (Å²) in [6.45, 7) is 11.1. The van der Waals surface area contributed by atoms with Gasteiger partial charge in [0.15, 0.2) is 0 Å². The fourth-order valence-corrected chi connectivity index (χ4v) is 2.18. The van der Waals surface area contributed by atoms with Crippen LogP contribution in [0.5, 0.6) is 0 Å². The largest absolute Gasteiger partial charge is 0.396 e. The quantitative estimate of drug-likeness (QED) is 0.789. The molecule has 0 radical (unpaired) electrons. The first-order valence-electron chi connectivity index (χ1n) is 7.38. The molecule has 0 spiro atoms. The van der Waals surface area contributed by atoms with Crippen LogP contribution in [0, 0.1) is 5.92 Å². The molecule has 1 aromatic carbocycles. The Morgan fingerprint density at radius 3 is 2.26 bits per heavy atom. The Bertz CT molecular complexity index is 351. The van der Waals surface area contributed by atoms with E-state index in [0.29, 0.717) is 12.5 Å². The molecule has 1 unspecified atom stereocenters. The second-order valence-corrected chi connectivity index (χ2v) is 6.36. The summed E-state index contributed by atoms with van der Waals surface area (Å²) in [5, 5.41) is 12.4. The maximum Gasteiger partial charge on any atom is 0.0434 e. The molecule has 1 rings (SSSR count). The molecular formula is C17H29NO. The smallest absolute Gasteiger partial charge is 0.0434 e. The molecule has 1 atom stereocenters. The van der Waals surface area contributed by atoms with Crippen LogP contribution in [0.15, 0.2) is 24.3 Å². The molecule has 1 aromatic rings. The molecule has 0 fully saturated rings. The van der Waals surface area contributed by atoms with Gasteiger partial charge in [0.2, 0.25) is 0 Å². The fraction of sp³-hybridized carbons (Fsp3) is 0.647. The van der Waals surface area contributed by atoms with Crippen molar-refractivity contribution in [1.82, 2.24) is 5.32 Å². The third-order valence-corrected chi connectivity index (χ3v) is 3.70. The standard InChI is InChI=1S/C17H29NO/c1-5-14(10-11-19)12-18-13-15-6-8-16(9-7-15)17(2,3)4/h6-9,14,18-19H,5,10-13H2,1-4H3. The molecule has 0 aromatic heterocycles. The van der Waals surface area contributed by atoms with Crippen molar-refractivity contribution in [3.8, 4) is 0 Å². The highest BCUT2D eigenvalue weighted by Crippen LogP contribution is 2.22. The normalized spacial score (nSPS) is 13.5. The van der Waals surface area contributed by atoms with Crippen LogP contribution in [0.3, 0.4) is 0 Å². The Morgan fingerprint density at radius 1 is 1.16 bits per heavy atom. The van der Waals surface area contributed by atoms with E-state index in [-0.39, 0.29) is 5.41 Å². The zero-order chi connectivity index (χ0) is 14.3. The van der Waals surface area contributed by atoms with Crippen LogP contribution in [-0.4, -0.2) is 18.3 Å². The third-order valence-electron chi connectivity index (χ3n) is 3.70. The second kappa shape index (κ2) is 7.66. The maximum absolute atomic E-state index is 8.96. The molecule has 19 heavy (non-hydrogen) atoms. The molecule has 0 heterocycles. The minimum atomic E-state index is 0.223. The summed E-state index contributed by atoms with van der Waals surface area (Å²) in [7, 11) is 0. The monoisotopic (exact) mass is 263 g/mol. The molecule has 108 valence electrons. The zero-order valence-corrected chi connectivity index (χ0v) is 12.9. The number of benzene rings is 1. The lowest BCUT2D eigenvalue weighted by atomic mass is 9.87. The van der Waals surface area contributed by atoms with Crippen molar-refractivity contribution in [2.45, 2.75) is 52.5 Å². The molecule has 0 aliphatic rings. The van der Waals surface area contributed by atoms with Crippen molar-refractivity contribution in [3.05, 3.63) is 35.4 Å². The van der Waals surface area contributed by atoms with Gasteiger partial charge in [-0.3, -0.25) is 0 Å². The summed E-state index contributed by atoms with van der Waals surface area (Å²) in [4.78, 5) is 0.